The Balaban J connectivity index is 1.58. The summed E-state index contributed by atoms with van der Waals surface area (Å²) in [5.74, 6) is 1.51. The molecule has 1 aromatic carbocycles. The average Bonchev–Trinajstić information content (AvgIpc) is 2.59. The molecule has 0 N–H and O–H groups in total. The zero-order chi connectivity index (χ0) is 18.7. The number of nitrogens with zero attached hydrogens (tertiary/aromatic N) is 3. The van der Waals surface area contributed by atoms with Gasteiger partial charge in [0.05, 0.1) is 0 Å². The van der Waals surface area contributed by atoms with Crippen molar-refractivity contribution in [3.8, 4) is 5.75 Å². The molecule has 3 rings (SSSR count). The first kappa shape index (κ1) is 19.2. The Morgan fingerprint density at radius 2 is 1.92 bits per heavy atom. The minimum Gasteiger partial charge on any atom is -0.484 e. The van der Waals surface area contributed by atoms with Crippen molar-refractivity contribution in [1.82, 2.24) is 14.7 Å². The third-order valence-electron chi connectivity index (χ3n) is 5.42. The van der Waals surface area contributed by atoms with Crippen molar-refractivity contribution < 1.29 is 9.53 Å². The molecule has 0 saturated carbocycles. The highest BCUT2D eigenvalue weighted by molar-refractivity contribution is 5.78. The minimum atomic E-state index is 0.0901. The van der Waals surface area contributed by atoms with Gasteiger partial charge in [-0.15, -0.1) is 0 Å². The number of carbonyl (C=O) groups is 1. The fourth-order valence-electron chi connectivity index (χ4n) is 4.44. The van der Waals surface area contributed by atoms with Gasteiger partial charge in [0.2, 0.25) is 0 Å². The van der Waals surface area contributed by atoms with E-state index in [1.165, 1.54) is 0 Å². The molecule has 5 heteroatoms. The van der Waals surface area contributed by atoms with Crippen molar-refractivity contribution in [3.05, 3.63) is 30.3 Å². The SMILES string of the molecule is CC(C)CN1C[C@@H]2CN(C(=O)COc3ccccc3)CCN2C(C)(C)C1. The average molecular weight is 360 g/mol. The first-order valence-corrected chi connectivity index (χ1v) is 9.80. The topological polar surface area (TPSA) is 36.0 Å². The van der Waals surface area contributed by atoms with Crippen molar-refractivity contribution >= 4 is 5.91 Å². The predicted octanol–water partition coefficient (Wildman–Crippen LogP) is 2.33. The molecule has 0 unspecified atom stereocenters. The molecule has 2 fully saturated rings. The number of carbonyl (C=O) groups excluding carboxylic acids is 1. The van der Waals surface area contributed by atoms with Gasteiger partial charge in [-0.3, -0.25) is 14.6 Å². The van der Waals surface area contributed by atoms with Crippen molar-refractivity contribution in [2.75, 3.05) is 45.9 Å². The second kappa shape index (κ2) is 7.97. The first-order valence-electron chi connectivity index (χ1n) is 9.80. The Hall–Kier alpha value is -1.59. The number of ether oxygens (including phenoxy) is 1. The lowest BCUT2D eigenvalue weighted by atomic mass is 9.92. The molecule has 1 amide bonds. The number of fused-ring (bicyclic) bond motifs is 1. The van der Waals surface area contributed by atoms with Gasteiger partial charge < -0.3 is 9.64 Å². The monoisotopic (exact) mass is 359 g/mol. The van der Waals surface area contributed by atoms with Crippen molar-refractivity contribution in [2.45, 2.75) is 39.3 Å². The van der Waals surface area contributed by atoms with E-state index in [1.807, 2.05) is 35.2 Å². The summed E-state index contributed by atoms with van der Waals surface area (Å²) in [6, 6.07) is 9.98. The molecule has 2 aliphatic rings. The van der Waals surface area contributed by atoms with E-state index in [4.69, 9.17) is 4.74 Å². The lowest BCUT2D eigenvalue weighted by Gasteiger charge is -2.55. The van der Waals surface area contributed by atoms with Gasteiger partial charge in [-0.2, -0.15) is 0 Å². The second-order valence-electron chi connectivity index (χ2n) is 8.69. The van der Waals surface area contributed by atoms with E-state index in [9.17, 15) is 4.79 Å². The fourth-order valence-corrected chi connectivity index (χ4v) is 4.44. The highest BCUT2D eigenvalue weighted by atomic mass is 16.5. The predicted molar refractivity (Wildman–Crippen MR) is 104 cm³/mol. The maximum atomic E-state index is 12.6. The van der Waals surface area contributed by atoms with Crippen LogP contribution in [0.4, 0.5) is 0 Å². The summed E-state index contributed by atoms with van der Waals surface area (Å²) in [5.41, 5.74) is 0.160. The van der Waals surface area contributed by atoms with Gasteiger partial charge in [-0.05, 0) is 31.9 Å². The van der Waals surface area contributed by atoms with Gasteiger partial charge in [0.25, 0.3) is 5.91 Å². The molecule has 2 heterocycles. The second-order valence-corrected chi connectivity index (χ2v) is 8.69. The van der Waals surface area contributed by atoms with Gasteiger partial charge >= 0.3 is 0 Å². The summed E-state index contributed by atoms with van der Waals surface area (Å²) < 4.78 is 5.66. The number of benzene rings is 1. The molecular formula is C21H33N3O2. The lowest BCUT2D eigenvalue weighted by molar-refractivity contribution is -0.141. The maximum Gasteiger partial charge on any atom is 0.260 e. The molecule has 0 radical (unpaired) electrons. The minimum absolute atomic E-state index is 0.0901. The standard InChI is InChI=1S/C21H33N3O2/c1-17(2)12-22-13-18-14-23(10-11-24(18)21(3,4)16-22)20(25)15-26-19-8-6-5-7-9-19/h5-9,17-18H,10-16H2,1-4H3/t18-/m1/s1. The van der Waals surface area contributed by atoms with E-state index in [2.05, 4.69) is 37.5 Å². The molecule has 144 valence electrons. The van der Waals surface area contributed by atoms with Crippen LogP contribution in [0.5, 0.6) is 5.75 Å². The third-order valence-corrected chi connectivity index (χ3v) is 5.42. The molecular weight excluding hydrogens is 326 g/mol. The van der Waals surface area contributed by atoms with E-state index in [1.54, 1.807) is 0 Å². The van der Waals surface area contributed by atoms with E-state index in [-0.39, 0.29) is 18.1 Å². The van der Waals surface area contributed by atoms with Crippen LogP contribution >= 0.6 is 0 Å². The van der Waals surface area contributed by atoms with E-state index in [0.717, 1.165) is 45.0 Å². The lowest BCUT2D eigenvalue weighted by Crippen LogP contribution is -2.70. The number of rotatable bonds is 5. The van der Waals surface area contributed by atoms with Crippen LogP contribution in [-0.4, -0.2) is 78.1 Å². The molecule has 5 nitrogen and oxygen atoms in total. The van der Waals surface area contributed by atoms with Crippen molar-refractivity contribution in [3.63, 3.8) is 0 Å². The molecule has 26 heavy (non-hydrogen) atoms. The number of hydrogen-bond acceptors (Lipinski definition) is 4. The highest BCUT2D eigenvalue weighted by Gasteiger charge is 2.43. The Morgan fingerprint density at radius 1 is 1.19 bits per heavy atom. The van der Waals surface area contributed by atoms with Gasteiger partial charge in [-0.25, -0.2) is 0 Å². The summed E-state index contributed by atoms with van der Waals surface area (Å²) in [6.07, 6.45) is 0. The Labute approximate surface area is 157 Å². The molecule has 0 aromatic heterocycles. The molecule has 1 atom stereocenters. The molecule has 0 spiro atoms. The summed E-state index contributed by atoms with van der Waals surface area (Å²) in [4.78, 5) is 19.8. The summed E-state index contributed by atoms with van der Waals surface area (Å²) in [5, 5.41) is 0. The van der Waals surface area contributed by atoms with Gasteiger partial charge in [0.15, 0.2) is 6.61 Å². The molecule has 2 aliphatic heterocycles. The largest absolute Gasteiger partial charge is 0.484 e. The van der Waals surface area contributed by atoms with Crippen molar-refractivity contribution in [1.29, 1.82) is 0 Å². The molecule has 2 saturated heterocycles. The maximum absolute atomic E-state index is 12.6. The number of amides is 1. The summed E-state index contributed by atoms with van der Waals surface area (Å²) in [7, 11) is 0. The van der Waals surface area contributed by atoms with Crippen LogP contribution in [0.25, 0.3) is 0 Å². The zero-order valence-electron chi connectivity index (χ0n) is 16.6. The molecule has 1 aromatic rings. The zero-order valence-corrected chi connectivity index (χ0v) is 16.6. The van der Waals surface area contributed by atoms with Gasteiger partial charge in [0.1, 0.15) is 5.75 Å². The van der Waals surface area contributed by atoms with E-state index in [0.29, 0.717) is 12.0 Å². The number of para-hydroxylation sites is 1. The van der Waals surface area contributed by atoms with Crippen LogP contribution in [-0.2, 0) is 4.79 Å². The van der Waals surface area contributed by atoms with Crippen LogP contribution < -0.4 is 4.74 Å². The van der Waals surface area contributed by atoms with Crippen LogP contribution in [0, 0.1) is 5.92 Å². The Morgan fingerprint density at radius 3 is 2.62 bits per heavy atom. The first-order chi connectivity index (χ1) is 12.3. The molecule has 0 aliphatic carbocycles. The van der Waals surface area contributed by atoms with E-state index >= 15 is 0 Å². The Bertz CT molecular complexity index is 603. The number of hydrogen-bond donors (Lipinski definition) is 0. The van der Waals surface area contributed by atoms with Crippen LogP contribution in [0.3, 0.4) is 0 Å². The summed E-state index contributed by atoms with van der Waals surface area (Å²) >= 11 is 0. The number of piperazine rings is 2. The Kier molecular flexibility index (Phi) is 5.88. The van der Waals surface area contributed by atoms with Crippen LogP contribution in [0.2, 0.25) is 0 Å². The van der Waals surface area contributed by atoms with E-state index < -0.39 is 0 Å². The third kappa shape index (κ3) is 4.57. The van der Waals surface area contributed by atoms with Gasteiger partial charge in [0, 0.05) is 50.8 Å². The highest BCUT2D eigenvalue weighted by Crippen LogP contribution is 2.28. The quantitative estimate of drug-likeness (QED) is 0.808. The van der Waals surface area contributed by atoms with Gasteiger partial charge in [-0.1, -0.05) is 32.0 Å². The normalized spacial score (nSPS) is 23.7. The van der Waals surface area contributed by atoms with Crippen molar-refractivity contribution in [2.24, 2.45) is 5.92 Å². The summed E-state index contributed by atoms with van der Waals surface area (Å²) in [6.45, 7) is 15.2. The molecule has 0 bridgehead atoms. The van der Waals surface area contributed by atoms with Crippen LogP contribution in [0.15, 0.2) is 30.3 Å². The fraction of sp³-hybridized carbons (Fsp3) is 0.667. The smallest absolute Gasteiger partial charge is 0.260 e. The van der Waals surface area contributed by atoms with Crippen LogP contribution in [0.1, 0.15) is 27.7 Å².